The van der Waals surface area contributed by atoms with Crippen molar-refractivity contribution >= 4 is 17.7 Å². The molecule has 28 heavy (non-hydrogen) atoms. The third-order valence-electron chi connectivity index (χ3n) is 4.10. The number of nitrogens with zero attached hydrogens (tertiary/aromatic N) is 3. The summed E-state index contributed by atoms with van der Waals surface area (Å²) in [6.45, 7) is 5.20. The van der Waals surface area contributed by atoms with Gasteiger partial charge in [0.2, 0.25) is 0 Å². The number of para-hydroxylation sites is 1. The van der Waals surface area contributed by atoms with Crippen LogP contribution in [0.25, 0.3) is 0 Å². The predicted octanol–water partition coefficient (Wildman–Crippen LogP) is 2.53. The number of benzene rings is 1. The first-order valence-electron chi connectivity index (χ1n) is 8.77. The molecule has 0 radical (unpaired) electrons. The fourth-order valence-electron chi connectivity index (χ4n) is 2.88. The van der Waals surface area contributed by atoms with Gasteiger partial charge in [0, 0.05) is 13.0 Å². The summed E-state index contributed by atoms with van der Waals surface area (Å²) in [7, 11) is 0. The van der Waals surface area contributed by atoms with Crippen LogP contribution in [0.1, 0.15) is 42.4 Å². The Kier molecular flexibility index (Phi) is 4.92. The van der Waals surface area contributed by atoms with E-state index in [0.717, 1.165) is 4.90 Å². The third-order valence-corrected chi connectivity index (χ3v) is 4.10. The van der Waals surface area contributed by atoms with Crippen molar-refractivity contribution in [2.45, 2.75) is 32.8 Å². The van der Waals surface area contributed by atoms with E-state index in [2.05, 4.69) is 5.43 Å². The van der Waals surface area contributed by atoms with Gasteiger partial charge in [-0.15, -0.1) is 0 Å². The van der Waals surface area contributed by atoms with Crippen LogP contribution in [-0.4, -0.2) is 33.7 Å². The fourth-order valence-corrected chi connectivity index (χ4v) is 2.88. The van der Waals surface area contributed by atoms with Crippen molar-refractivity contribution in [1.82, 2.24) is 9.58 Å². The Labute approximate surface area is 161 Å². The van der Waals surface area contributed by atoms with Gasteiger partial charge >= 0.3 is 6.09 Å². The van der Waals surface area contributed by atoms with Crippen molar-refractivity contribution in [3.63, 3.8) is 0 Å². The molecule has 2 aromatic rings. The molecule has 3 rings (SSSR count). The van der Waals surface area contributed by atoms with Crippen LogP contribution in [0.5, 0.6) is 0 Å². The summed E-state index contributed by atoms with van der Waals surface area (Å²) < 4.78 is 6.49. The molecule has 8 heteroatoms. The quantitative estimate of drug-likeness (QED) is 0.858. The minimum Gasteiger partial charge on any atom is -0.443 e. The van der Waals surface area contributed by atoms with Crippen LogP contribution >= 0.6 is 0 Å². The standard InChI is InChI=1S/C20H20N4O4/c1-20(2,3)28-19(27)23-10-9-16-15(18(23)26)11-13(12-21)17(25)24(16)22-14-7-5-4-6-8-14/h4-8,11,22H,9-10H2,1-3H3. The average Bonchev–Trinajstić information content (AvgIpc) is 2.63. The fraction of sp³-hybridized carbons (Fsp3) is 0.300. The van der Waals surface area contributed by atoms with Crippen molar-refractivity contribution in [3.05, 3.63) is 63.6 Å². The molecule has 8 nitrogen and oxygen atoms in total. The maximum atomic E-state index is 12.9. The number of carbonyl (C=O) groups excluding carboxylic acids is 2. The smallest absolute Gasteiger partial charge is 0.417 e. The summed E-state index contributed by atoms with van der Waals surface area (Å²) >= 11 is 0. The van der Waals surface area contributed by atoms with Gasteiger partial charge < -0.3 is 4.74 Å². The molecule has 0 aliphatic carbocycles. The van der Waals surface area contributed by atoms with E-state index in [0.29, 0.717) is 11.4 Å². The normalized spacial score (nSPS) is 13.5. The molecule has 0 unspecified atom stereocenters. The monoisotopic (exact) mass is 380 g/mol. The number of hydrogen-bond donors (Lipinski definition) is 1. The van der Waals surface area contributed by atoms with Gasteiger partial charge in [-0.1, -0.05) is 18.2 Å². The lowest BCUT2D eigenvalue weighted by Gasteiger charge is -2.30. The second-order valence-electron chi connectivity index (χ2n) is 7.34. The first kappa shape index (κ1) is 19.2. The van der Waals surface area contributed by atoms with Gasteiger partial charge in [-0.05, 0) is 39.0 Å². The summed E-state index contributed by atoms with van der Waals surface area (Å²) in [5.41, 5.74) is 2.62. The van der Waals surface area contributed by atoms with Crippen molar-refractivity contribution in [1.29, 1.82) is 5.26 Å². The Morgan fingerprint density at radius 2 is 1.89 bits per heavy atom. The lowest BCUT2D eigenvalue weighted by Crippen LogP contribution is -2.47. The van der Waals surface area contributed by atoms with Gasteiger partial charge in [0.1, 0.15) is 17.2 Å². The molecule has 0 fully saturated rings. The molecule has 2 heterocycles. The first-order valence-corrected chi connectivity index (χ1v) is 8.77. The number of pyridine rings is 1. The molecule has 2 amide bonds. The summed E-state index contributed by atoms with van der Waals surface area (Å²) in [4.78, 5) is 38.9. The van der Waals surface area contributed by atoms with E-state index >= 15 is 0 Å². The summed E-state index contributed by atoms with van der Waals surface area (Å²) in [5.74, 6) is -0.601. The van der Waals surface area contributed by atoms with Crippen LogP contribution < -0.4 is 11.0 Å². The second-order valence-corrected chi connectivity index (χ2v) is 7.34. The Balaban J connectivity index is 2.04. The minimum absolute atomic E-state index is 0.0720. The molecular formula is C20H20N4O4. The lowest BCUT2D eigenvalue weighted by atomic mass is 10.0. The van der Waals surface area contributed by atoms with E-state index in [-0.39, 0.29) is 24.1 Å². The average molecular weight is 380 g/mol. The van der Waals surface area contributed by atoms with Crippen LogP contribution in [-0.2, 0) is 11.2 Å². The number of ether oxygens (including phenoxy) is 1. The highest BCUT2D eigenvalue weighted by Gasteiger charge is 2.34. The Bertz CT molecular complexity index is 1030. The molecule has 1 aliphatic heterocycles. The van der Waals surface area contributed by atoms with Crippen molar-refractivity contribution < 1.29 is 14.3 Å². The van der Waals surface area contributed by atoms with E-state index in [1.807, 2.05) is 12.1 Å². The number of hydrogen-bond acceptors (Lipinski definition) is 6. The van der Waals surface area contributed by atoms with Crippen molar-refractivity contribution in [2.75, 3.05) is 12.0 Å². The Morgan fingerprint density at radius 3 is 2.50 bits per heavy atom. The Hall–Kier alpha value is -3.60. The topological polar surface area (TPSA) is 104 Å². The van der Waals surface area contributed by atoms with E-state index in [9.17, 15) is 19.6 Å². The molecule has 0 saturated carbocycles. The number of fused-ring (bicyclic) bond motifs is 1. The molecule has 1 aromatic carbocycles. The number of nitriles is 1. The number of carbonyl (C=O) groups is 2. The van der Waals surface area contributed by atoms with Crippen LogP contribution in [0.4, 0.5) is 10.5 Å². The highest BCUT2D eigenvalue weighted by atomic mass is 16.6. The molecule has 1 aliphatic rings. The lowest BCUT2D eigenvalue weighted by molar-refractivity contribution is 0.0231. The second kappa shape index (κ2) is 7.19. The molecule has 0 atom stereocenters. The van der Waals surface area contributed by atoms with Gasteiger partial charge in [-0.3, -0.25) is 15.0 Å². The number of rotatable bonds is 2. The van der Waals surface area contributed by atoms with Crippen LogP contribution in [0.2, 0.25) is 0 Å². The van der Waals surface area contributed by atoms with E-state index in [1.165, 1.54) is 10.7 Å². The van der Waals surface area contributed by atoms with E-state index in [4.69, 9.17) is 4.74 Å². The zero-order valence-electron chi connectivity index (χ0n) is 15.9. The van der Waals surface area contributed by atoms with Crippen LogP contribution in [0.15, 0.2) is 41.2 Å². The summed E-state index contributed by atoms with van der Waals surface area (Å²) in [6.07, 6.45) is -0.503. The van der Waals surface area contributed by atoms with Gasteiger partial charge in [0.15, 0.2) is 0 Å². The van der Waals surface area contributed by atoms with Gasteiger partial charge in [-0.2, -0.15) is 5.26 Å². The summed E-state index contributed by atoms with van der Waals surface area (Å²) in [6, 6.07) is 12.0. The zero-order chi connectivity index (χ0) is 20.5. The van der Waals surface area contributed by atoms with Crippen LogP contribution in [0, 0.1) is 11.3 Å². The van der Waals surface area contributed by atoms with E-state index < -0.39 is 23.2 Å². The molecule has 0 saturated heterocycles. The third kappa shape index (κ3) is 3.74. The summed E-state index contributed by atoms with van der Waals surface area (Å²) in [5, 5.41) is 9.32. The number of aromatic nitrogens is 1. The maximum Gasteiger partial charge on any atom is 0.417 e. The van der Waals surface area contributed by atoms with Crippen LogP contribution in [0.3, 0.4) is 0 Å². The largest absolute Gasteiger partial charge is 0.443 e. The van der Waals surface area contributed by atoms with E-state index in [1.54, 1.807) is 45.0 Å². The van der Waals surface area contributed by atoms with Gasteiger partial charge in [0.05, 0.1) is 16.9 Å². The predicted molar refractivity (Wildman–Crippen MR) is 102 cm³/mol. The maximum absolute atomic E-state index is 12.9. The molecule has 144 valence electrons. The minimum atomic E-state index is -0.754. The number of anilines is 1. The number of amides is 2. The zero-order valence-corrected chi connectivity index (χ0v) is 15.9. The molecule has 0 bridgehead atoms. The number of nitrogens with one attached hydrogen (secondary N) is 1. The highest BCUT2D eigenvalue weighted by Crippen LogP contribution is 2.21. The molecule has 1 N–H and O–H groups in total. The van der Waals surface area contributed by atoms with Crippen molar-refractivity contribution in [3.8, 4) is 6.07 Å². The highest BCUT2D eigenvalue weighted by molar-refractivity contribution is 6.04. The first-order chi connectivity index (χ1) is 13.2. The SMILES string of the molecule is CC(C)(C)OC(=O)N1CCc2c(cc(C#N)c(=O)n2Nc2ccccc2)C1=O. The number of imide groups is 1. The molecule has 1 aromatic heterocycles. The molecular weight excluding hydrogens is 360 g/mol. The van der Waals surface area contributed by atoms with Gasteiger partial charge in [0.25, 0.3) is 11.5 Å². The molecule has 0 spiro atoms. The Morgan fingerprint density at radius 1 is 1.21 bits per heavy atom. The van der Waals surface area contributed by atoms with Gasteiger partial charge in [-0.25, -0.2) is 14.4 Å². The van der Waals surface area contributed by atoms with Crippen molar-refractivity contribution in [2.24, 2.45) is 0 Å².